The number of hydrogen-bond acceptors (Lipinski definition) is 2. The van der Waals surface area contributed by atoms with Crippen LogP contribution in [0.25, 0.3) is 0 Å². The molecule has 0 radical (unpaired) electrons. The number of benzene rings is 1. The molecule has 2 nitrogen and oxygen atoms in total. The van der Waals surface area contributed by atoms with E-state index in [-0.39, 0.29) is 0 Å². The van der Waals surface area contributed by atoms with E-state index < -0.39 is 0 Å². The summed E-state index contributed by atoms with van der Waals surface area (Å²) in [5.41, 5.74) is 2.23. The number of nitrogens with zero attached hydrogens (tertiary/aromatic N) is 1. The van der Waals surface area contributed by atoms with Crippen molar-refractivity contribution in [2.45, 2.75) is 25.6 Å². The third kappa shape index (κ3) is 3.23. The number of hydrogen-bond donors (Lipinski definition) is 0. The van der Waals surface area contributed by atoms with Gasteiger partial charge in [0.05, 0.1) is 5.88 Å². The third-order valence-electron chi connectivity index (χ3n) is 2.69. The molecule has 0 saturated heterocycles. The van der Waals surface area contributed by atoms with Crippen LogP contribution in [0.15, 0.2) is 42.7 Å². The second-order valence-electron chi connectivity index (χ2n) is 4.11. The lowest BCUT2D eigenvalue weighted by molar-refractivity contribution is 0.477. The molecule has 1 aromatic heterocycles. The van der Waals surface area contributed by atoms with E-state index in [1.54, 1.807) is 12.4 Å². The number of aromatic nitrogens is 1. The van der Waals surface area contributed by atoms with Crippen LogP contribution in [0.4, 0.5) is 0 Å². The molecule has 0 saturated carbocycles. The Hall–Kier alpha value is -1.54. The molecule has 2 aromatic rings. The van der Waals surface area contributed by atoms with Crippen molar-refractivity contribution in [2.24, 2.45) is 0 Å². The second kappa shape index (κ2) is 6.41. The zero-order chi connectivity index (χ0) is 12.8. The first-order chi connectivity index (χ1) is 8.83. The number of aryl methyl sites for hydroxylation is 1. The first-order valence-corrected chi connectivity index (χ1v) is 6.62. The Balaban J connectivity index is 2.13. The van der Waals surface area contributed by atoms with Crippen molar-refractivity contribution >= 4 is 11.6 Å². The van der Waals surface area contributed by atoms with E-state index in [0.717, 1.165) is 29.9 Å². The number of ether oxygens (including phenoxy) is 1. The van der Waals surface area contributed by atoms with E-state index in [2.05, 4.69) is 24.0 Å². The van der Waals surface area contributed by atoms with Crippen LogP contribution in [-0.2, 0) is 12.3 Å². The van der Waals surface area contributed by atoms with Crippen molar-refractivity contribution in [2.75, 3.05) is 0 Å². The second-order valence-corrected chi connectivity index (χ2v) is 4.38. The number of pyridine rings is 1. The molecule has 0 fully saturated rings. The lowest BCUT2D eigenvalue weighted by Gasteiger charge is -2.09. The van der Waals surface area contributed by atoms with Gasteiger partial charge in [0.25, 0.3) is 0 Å². The molecule has 18 heavy (non-hydrogen) atoms. The minimum absolute atomic E-state index is 0.400. The number of alkyl halides is 1. The molecule has 0 spiro atoms. The highest BCUT2D eigenvalue weighted by Gasteiger charge is 2.03. The van der Waals surface area contributed by atoms with Crippen molar-refractivity contribution in [3.05, 3.63) is 53.9 Å². The zero-order valence-electron chi connectivity index (χ0n) is 10.4. The molecule has 0 aliphatic rings. The SMILES string of the molecule is CCCc1ccc(Oc2ccncc2CCl)cc1. The summed E-state index contributed by atoms with van der Waals surface area (Å²) in [5, 5.41) is 0. The summed E-state index contributed by atoms with van der Waals surface area (Å²) in [6.07, 6.45) is 5.69. The first kappa shape index (κ1) is 12.9. The largest absolute Gasteiger partial charge is 0.457 e. The third-order valence-corrected chi connectivity index (χ3v) is 2.98. The first-order valence-electron chi connectivity index (χ1n) is 6.09. The summed E-state index contributed by atoms with van der Waals surface area (Å²) >= 11 is 5.84. The zero-order valence-corrected chi connectivity index (χ0v) is 11.2. The standard InChI is InChI=1S/C15H16ClNO/c1-2-3-12-4-6-14(7-5-12)18-15-8-9-17-11-13(15)10-16/h4-9,11H,2-3,10H2,1H3. The van der Waals surface area contributed by atoms with Gasteiger partial charge in [0, 0.05) is 18.0 Å². The van der Waals surface area contributed by atoms with E-state index in [4.69, 9.17) is 16.3 Å². The van der Waals surface area contributed by atoms with Gasteiger partial charge in [-0.25, -0.2) is 0 Å². The molecule has 0 bridgehead atoms. The normalized spacial score (nSPS) is 10.3. The molecule has 94 valence electrons. The Kier molecular flexibility index (Phi) is 4.59. The highest BCUT2D eigenvalue weighted by Crippen LogP contribution is 2.25. The Bertz CT molecular complexity index is 496. The fourth-order valence-corrected chi connectivity index (χ4v) is 1.95. The average Bonchev–Trinajstić information content (AvgIpc) is 2.42. The Morgan fingerprint density at radius 1 is 1.17 bits per heavy atom. The molecular formula is C15H16ClNO. The summed E-state index contributed by atoms with van der Waals surface area (Å²) in [6.45, 7) is 2.17. The summed E-state index contributed by atoms with van der Waals surface area (Å²) in [6, 6.07) is 10.0. The van der Waals surface area contributed by atoms with Crippen molar-refractivity contribution in [3.8, 4) is 11.5 Å². The fraction of sp³-hybridized carbons (Fsp3) is 0.267. The molecule has 0 atom stereocenters. The van der Waals surface area contributed by atoms with Crippen LogP contribution in [0.3, 0.4) is 0 Å². The van der Waals surface area contributed by atoms with Crippen LogP contribution >= 0.6 is 11.6 Å². The van der Waals surface area contributed by atoms with Gasteiger partial charge in [-0.3, -0.25) is 4.98 Å². The molecule has 1 heterocycles. The van der Waals surface area contributed by atoms with Gasteiger partial charge in [-0.1, -0.05) is 25.5 Å². The van der Waals surface area contributed by atoms with Crippen LogP contribution in [0.2, 0.25) is 0 Å². The van der Waals surface area contributed by atoms with Crippen LogP contribution in [0, 0.1) is 0 Å². The van der Waals surface area contributed by atoms with Gasteiger partial charge in [0.2, 0.25) is 0 Å². The lowest BCUT2D eigenvalue weighted by Crippen LogP contribution is -1.91. The van der Waals surface area contributed by atoms with Gasteiger partial charge in [-0.05, 0) is 30.2 Å². The molecule has 1 aromatic carbocycles. The highest BCUT2D eigenvalue weighted by molar-refractivity contribution is 6.17. The maximum atomic E-state index is 5.84. The molecule has 0 aliphatic heterocycles. The molecule has 0 N–H and O–H groups in total. The monoisotopic (exact) mass is 261 g/mol. The molecule has 0 aliphatic carbocycles. The van der Waals surface area contributed by atoms with E-state index in [1.165, 1.54) is 5.56 Å². The predicted octanol–water partition coefficient (Wildman–Crippen LogP) is 4.57. The smallest absolute Gasteiger partial charge is 0.134 e. The Labute approximate surface area is 113 Å². The molecule has 0 unspecified atom stereocenters. The van der Waals surface area contributed by atoms with E-state index >= 15 is 0 Å². The minimum atomic E-state index is 0.400. The van der Waals surface area contributed by atoms with Crippen LogP contribution in [0.1, 0.15) is 24.5 Å². The van der Waals surface area contributed by atoms with Crippen molar-refractivity contribution in [3.63, 3.8) is 0 Å². The van der Waals surface area contributed by atoms with Gasteiger partial charge in [0.15, 0.2) is 0 Å². The van der Waals surface area contributed by atoms with Crippen molar-refractivity contribution in [1.29, 1.82) is 0 Å². The van der Waals surface area contributed by atoms with Gasteiger partial charge >= 0.3 is 0 Å². The summed E-state index contributed by atoms with van der Waals surface area (Å²) < 4.78 is 5.81. The lowest BCUT2D eigenvalue weighted by atomic mass is 10.1. The van der Waals surface area contributed by atoms with E-state index in [1.807, 2.05) is 18.2 Å². The molecule has 3 heteroatoms. The minimum Gasteiger partial charge on any atom is -0.457 e. The van der Waals surface area contributed by atoms with Crippen molar-refractivity contribution < 1.29 is 4.74 Å². The Morgan fingerprint density at radius 3 is 2.61 bits per heavy atom. The van der Waals surface area contributed by atoms with Crippen molar-refractivity contribution in [1.82, 2.24) is 4.98 Å². The average molecular weight is 262 g/mol. The van der Waals surface area contributed by atoms with Crippen LogP contribution in [0.5, 0.6) is 11.5 Å². The van der Waals surface area contributed by atoms with Gasteiger partial charge in [-0.15, -0.1) is 11.6 Å². The molecular weight excluding hydrogens is 246 g/mol. The maximum absolute atomic E-state index is 5.84. The number of rotatable bonds is 5. The van der Waals surface area contributed by atoms with E-state index in [9.17, 15) is 0 Å². The summed E-state index contributed by atoms with van der Waals surface area (Å²) in [7, 11) is 0. The highest BCUT2D eigenvalue weighted by atomic mass is 35.5. The van der Waals surface area contributed by atoms with E-state index in [0.29, 0.717) is 5.88 Å². The topological polar surface area (TPSA) is 22.1 Å². The maximum Gasteiger partial charge on any atom is 0.134 e. The number of halogens is 1. The van der Waals surface area contributed by atoms with Gasteiger partial charge in [-0.2, -0.15) is 0 Å². The van der Waals surface area contributed by atoms with Crippen LogP contribution in [-0.4, -0.2) is 4.98 Å². The summed E-state index contributed by atoms with van der Waals surface area (Å²) in [5.74, 6) is 1.99. The quantitative estimate of drug-likeness (QED) is 0.736. The summed E-state index contributed by atoms with van der Waals surface area (Å²) in [4.78, 5) is 4.03. The predicted molar refractivity (Wildman–Crippen MR) is 74.3 cm³/mol. The molecule has 2 rings (SSSR count). The van der Waals surface area contributed by atoms with Crippen LogP contribution < -0.4 is 4.74 Å². The fourth-order valence-electron chi connectivity index (χ4n) is 1.75. The van der Waals surface area contributed by atoms with Gasteiger partial charge < -0.3 is 4.74 Å². The molecule has 0 amide bonds. The Morgan fingerprint density at radius 2 is 1.94 bits per heavy atom. The van der Waals surface area contributed by atoms with Gasteiger partial charge in [0.1, 0.15) is 11.5 Å².